The third-order valence-electron chi connectivity index (χ3n) is 6.16. The minimum Gasteiger partial charge on any atom is -0.346 e. The van der Waals surface area contributed by atoms with Gasteiger partial charge >= 0.3 is 0 Å². The first-order chi connectivity index (χ1) is 15.9. The van der Waals surface area contributed by atoms with Crippen LogP contribution in [-0.4, -0.2) is 33.7 Å². The summed E-state index contributed by atoms with van der Waals surface area (Å²) in [6.07, 6.45) is 2.49. The maximum Gasteiger partial charge on any atom is 0.276 e. The van der Waals surface area contributed by atoms with Crippen molar-refractivity contribution in [1.82, 2.24) is 20.0 Å². The van der Waals surface area contributed by atoms with Gasteiger partial charge in [0.2, 0.25) is 5.43 Å². The Bertz CT molecular complexity index is 1180. The van der Waals surface area contributed by atoms with Crippen LogP contribution < -0.4 is 10.7 Å². The monoisotopic (exact) mass is 448 g/mol. The zero-order chi connectivity index (χ0) is 23.4. The van der Waals surface area contributed by atoms with E-state index in [9.17, 15) is 14.0 Å². The van der Waals surface area contributed by atoms with E-state index in [0.717, 1.165) is 31.1 Å². The van der Waals surface area contributed by atoms with Gasteiger partial charge < -0.3 is 5.32 Å². The van der Waals surface area contributed by atoms with Crippen molar-refractivity contribution in [3.8, 4) is 5.69 Å². The lowest BCUT2D eigenvalue weighted by Crippen LogP contribution is -2.32. The molecule has 0 atom stereocenters. The fraction of sp³-hybridized carbons (Fsp3) is 0.346. The summed E-state index contributed by atoms with van der Waals surface area (Å²) < 4.78 is 15.5. The summed E-state index contributed by atoms with van der Waals surface area (Å²) in [5, 5.41) is 6.90. The van der Waals surface area contributed by atoms with Crippen molar-refractivity contribution in [3.05, 3.63) is 93.2 Å². The van der Waals surface area contributed by atoms with Crippen LogP contribution in [0.3, 0.4) is 0 Å². The van der Waals surface area contributed by atoms with Crippen LogP contribution >= 0.6 is 0 Å². The molecule has 0 saturated carbocycles. The first kappa shape index (κ1) is 22.9. The van der Waals surface area contributed by atoms with E-state index in [1.54, 1.807) is 25.1 Å². The Labute approximate surface area is 193 Å². The van der Waals surface area contributed by atoms with Crippen molar-refractivity contribution in [3.63, 3.8) is 0 Å². The zero-order valence-corrected chi connectivity index (χ0v) is 19.1. The first-order valence-corrected chi connectivity index (χ1v) is 11.3. The number of carbonyl (C=O) groups excluding carboxylic acids is 1. The van der Waals surface area contributed by atoms with Crippen LogP contribution in [0, 0.1) is 18.7 Å². The van der Waals surface area contributed by atoms with Crippen LogP contribution in [0.5, 0.6) is 0 Å². The number of hydrogen-bond acceptors (Lipinski definition) is 4. The van der Waals surface area contributed by atoms with Crippen molar-refractivity contribution in [2.45, 2.75) is 39.8 Å². The second kappa shape index (κ2) is 10.1. The molecule has 1 aliphatic rings. The number of rotatable bonds is 6. The lowest BCUT2D eigenvalue weighted by atomic mass is 9.99. The molecule has 0 aliphatic carbocycles. The molecule has 3 aromatic rings. The van der Waals surface area contributed by atoms with Gasteiger partial charge in [0, 0.05) is 24.8 Å². The number of para-hydroxylation sites is 1. The molecule has 1 aromatic heterocycles. The smallest absolute Gasteiger partial charge is 0.276 e. The molecule has 0 spiro atoms. The molecule has 0 radical (unpaired) electrons. The number of hydrogen-bond donors (Lipinski definition) is 1. The number of piperidine rings is 1. The molecule has 6 nitrogen and oxygen atoms in total. The summed E-state index contributed by atoms with van der Waals surface area (Å²) in [5.74, 6) is -0.259. The molecule has 0 bridgehead atoms. The topological polar surface area (TPSA) is 67.2 Å². The summed E-state index contributed by atoms with van der Waals surface area (Å²) >= 11 is 0. The fourth-order valence-corrected chi connectivity index (χ4v) is 4.08. The van der Waals surface area contributed by atoms with Crippen LogP contribution in [-0.2, 0) is 13.1 Å². The van der Waals surface area contributed by atoms with E-state index in [1.807, 2.05) is 12.1 Å². The summed E-state index contributed by atoms with van der Waals surface area (Å²) in [6.45, 7) is 7.42. The van der Waals surface area contributed by atoms with Gasteiger partial charge in [0.25, 0.3) is 5.91 Å². The number of benzene rings is 2. The van der Waals surface area contributed by atoms with Crippen molar-refractivity contribution < 1.29 is 9.18 Å². The minimum absolute atomic E-state index is 0.183. The molecule has 2 heterocycles. The fourth-order valence-electron chi connectivity index (χ4n) is 4.08. The molecule has 4 rings (SSSR count). The number of amides is 1. The second-order valence-electron chi connectivity index (χ2n) is 8.82. The summed E-state index contributed by atoms with van der Waals surface area (Å²) in [6, 6.07) is 15.5. The normalized spacial score (nSPS) is 14.9. The van der Waals surface area contributed by atoms with E-state index >= 15 is 0 Å². The highest BCUT2D eigenvalue weighted by Crippen LogP contribution is 2.18. The van der Waals surface area contributed by atoms with Gasteiger partial charge in [-0.3, -0.25) is 14.5 Å². The van der Waals surface area contributed by atoms with Gasteiger partial charge in [-0.05, 0) is 62.0 Å². The highest BCUT2D eigenvalue weighted by Gasteiger charge is 2.17. The Morgan fingerprint density at radius 1 is 1.09 bits per heavy atom. The molecule has 1 saturated heterocycles. The standard InChI is InChI=1S/C26H29FN4O2/c1-18-11-13-30(14-12-18)17-21-9-7-20(8-10-21)16-28-26(33)25-24(32)15-19(2)31(29-25)23-6-4-3-5-22(23)27/h3-10,15,18H,11-14,16-17H2,1-2H3,(H,28,33). The predicted octanol–water partition coefficient (Wildman–Crippen LogP) is 3.84. The van der Waals surface area contributed by atoms with Crippen LogP contribution in [0.25, 0.3) is 5.69 Å². The van der Waals surface area contributed by atoms with Crippen LogP contribution in [0.1, 0.15) is 47.1 Å². The molecular weight excluding hydrogens is 419 g/mol. The molecule has 33 heavy (non-hydrogen) atoms. The highest BCUT2D eigenvalue weighted by molar-refractivity contribution is 5.92. The number of nitrogens with one attached hydrogen (secondary N) is 1. The van der Waals surface area contributed by atoms with Gasteiger partial charge in [0.15, 0.2) is 5.69 Å². The summed E-state index contributed by atoms with van der Waals surface area (Å²) in [7, 11) is 0. The Kier molecular flexibility index (Phi) is 6.99. The zero-order valence-electron chi connectivity index (χ0n) is 19.1. The van der Waals surface area contributed by atoms with Gasteiger partial charge in [-0.25, -0.2) is 9.07 Å². The van der Waals surface area contributed by atoms with E-state index in [0.29, 0.717) is 5.69 Å². The molecule has 1 aliphatic heterocycles. The molecule has 1 amide bonds. The number of likely N-dealkylation sites (tertiary alicyclic amines) is 1. The quantitative estimate of drug-likeness (QED) is 0.622. The SMILES string of the molecule is Cc1cc(=O)c(C(=O)NCc2ccc(CN3CCC(C)CC3)cc2)nn1-c1ccccc1F. The molecular formula is C26H29FN4O2. The van der Waals surface area contributed by atoms with Crippen molar-refractivity contribution in [2.24, 2.45) is 5.92 Å². The van der Waals surface area contributed by atoms with E-state index in [1.165, 1.54) is 35.2 Å². The Morgan fingerprint density at radius 2 is 1.76 bits per heavy atom. The first-order valence-electron chi connectivity index (χ1n) is 11.3. The lowest BCUT2D eigenvalue weighted by Gasteiger charge is -2.30. The van der Waals surface area contributed by atoms with Crippen LogP contribution in [0.2, 0.25) is 0 Å². The van der Waals surface area contributed by atoms with E-state index in [4.69, 9.17) is 0 Å². The Balaban J connectivity index is 1.41. The number of nitrogens with zero attached hydrogens (tertiary/aromatic N) is 3. The molecule has 7 heteroatoms. The van der Waals surface area contributed by atoms with Gasteiger partial charge in [0.1, 0.15) is 11.5 Å². The average Bonchev–Trinajstić information content (AvgIpc) is 2.81. The Hall–Kier alpha value is -3.32. The lowest BCUT2D eigenvalue weighted by molar-refractivity contribution is 0.0943. The number of aromatic nitrogens is 2. The minimum atomic E-state index is -0.586. The van der Waals surface area contributed by atoms with Crippen LogP contribution in [0.15, 0.2) is 59.4 Å². The maximum atomic E-state index is 14.2. The largest absolute Gasteiger partial charge is 0.346 e. The summed E-state index contributed by atoms with van der Waals surface area (Å²) in [4.78, 5) is 27.5. The highest BCUT2D eigenvalue weighted by atomic mass is 19.1. The third kappa shape index (κ3) is 5.54. The second-order valence-corrected chi connectivity index (χ2v) is 8.82. The van der Waals surface area contributed by atoms with Crippen molar-refractivity contribution in [1.29, 1.82) is 0 Å². The van der Waals surface area contributed by atoms with E-state index in [-0.39, 0.29) is 17.9 Å². The average molecular weight is 449 g/mol. The van der Waals surface area contributed by atoms with Crippen LogP contribution in [0.4, 0.5) is 4.39 Å². The number of carbonyl (C=O) groups is 1. The molecule has 1 fully saturated rings. The van der Waals surface area contributed by atoms with Gasteiger partial charge in [-0.2, -0.15) is 5.10 Å². The van der Waals surface area contributed by atoms with Gasteiger partial charge in [0.05, 0.1) is 0 Å². The molecule has 172 valence electrons. The molecule has 2 aromatic carbocycles. The number of aryl methyl sites for hydroxylation is 1. The van der Waals surface area contributed by atoms with Crippen molar-refractivity contribution >= 4 is 5.91 Å². The van der Waals surface area contributed by atoms with Crippen molar-refractivity contribution in [2.75, 3.05) is 13.1 Å². The molecule has 0 unspecified atom stereocenters. The Morgan fingerprint density at radius 3 is 2.45 bits per heavy atom. The van der Waals surface area contributed by atoms with Gasteiger partial charge in [-0.1, -0.05) is 43.3 Å². The predicted molar refractivity (Wildman–Crippen MR) is 126 cm³/mol. The molecule has 1 N–H and O–H groups in total. The summed E-state index contributed by atoms with van der Waals surface area (Å²) in [5.41, 5.74) is 2.04. The van der Waals surface area contributed by atoms with Gasteiger partial charge in [-0.15, -0.1) is 0 Å². The van der Waals surface area contributed by atoms with E-state index < -0.39 is 17.2 Å². The third-order valence-corrected chi connectivity index (χ3v) is 6.16. The number of halogens is 1. The maximum absolute atomic E-state index is 14.2. The van der Waals surface area contributed by atoms with E-state index in [2.05, 4.69) is 34.4 Å².